The van der Waals surface area contributed by atoms with Crippen LogP contribution in [0.25, 0.3) is 0 Å². The zero-order valence-corrected chi connectivity index (χ0v) is 10.0. The van der Waals surface area contributed by atoms with E-state index in [2.05, 4.69) is 0 Å². The molecule has 4 heteroatoms. The van der Waals surface area contributed by atoms with Gasteiger partial charge in [-0.3, -0.25) is 4.79 Å². The van der Waals surface area contributed by atoms with Crippen LogP contribution in [0.5, 0.6) is 11.5 Å². The molecule has 0 aliphatic carbocycles. The fraction of sp³-hybridized carbons (Fsp3) is 0.133. The number of benzene rings is 2. The van der Waals surface area contributed by atoms with Gasteiger partial charge < -0.3 is 9.84 Å². The van der Waals surface area contributed by atoms with Gasteiger partial charge in [-0.05, 0) is 36.8 Å². The van der Waals surface area contributed by atoms with Crippen molar-refractivity contribution >= 4 is 35.5 Å². The van der Waals surface area contributed by atoms with E-state index in [0.717, 1.165) is 11.3 Å². The van der Waals surface area contributed by atoms with E-state index in [0.29, 0.717) is 5.75 Å². The normalized spacial score (nSPS) is 11.2. The molecule has 0 bridgehead atoms. The third-order valence-electron chi connectivity index (χ3n) is 2.71. The SMILES string of the molecule is CC(C(=O)O)c1cccc(Oc2ccccc2)c1.[NaH]. The van der Waals surface area contributed by atoms with Crippen LogP contribution in [-0.2, 0) is 4.79 Å². The van der Waals surface area contributed by atoms with Crippen LogP contribution < -0.4 is 4.74 Å². The van der Waals surface area contributed by atoms with Crippen molar-refractivity contribution in [2.75, 3.05) is 0 Å². The maximum absolute atomic E-state index is 10.9. The summed E-state index contributed by atoms with van der Waals surface area (Å²) in [5.74, 6) is 0.000567. The molecule has 1 N–H and O–H groups in total. The molecule has 2 aromatic rings. The first-order valence-corrected chi connectivity index (χ1v) is 5.72. The standard InChI is InChI=1S/C15H14O3.Na.H/c1-11(15(16)17)12-6-5-9-14(10-12)18-13-7-3-2-4-8-13;;/h2-11H,1H3,(H,16,17);;. The second-order valence-electron chi connectivity index (χ2n) is 4.05. The van der Waals surface area contributed by atoms with E-state index >= 15 is 0 Å². The van der Waals surface area contributed by atoms with Crippen molar-refractivity contribution in [1.29, 1.82) is 0 Å². The average Bonchev–Trinajstić information content (AvgIpc) is 2.39. The summed E-state index contributed by atoms with van der Waals surface area (Å²) < 4.78 is 5.66. The van der Waals surface area contributed by atoms with E-state index in [9.17, 15) is 4.79 Å². The Hall–Kier alpha value is -1.29. The molecule has 94 valence electrons. The molecule has 0 heterocycles. The van der Waals surface area contributed by atoms with Crippen LogP contribution in [0.2, 0.25) is 0 Å². The molecule has 0 aromatic heterocycles. The fourth-order valence-corrected chi connectivity index (χ4v) is 1.61. The van der Waals surface area contributed by atoms with Gasteiger partial charge in [0.2, 0.25) is 0 Å². The van der Waals surface area contributed by atoms with Crippen LogP contribution in [-0.4, -0.2) is 40.6 Å². The summed E-state index contributed by atoms with van der Waals surface area (Å²) >= 11 is 0. The molecule has 1 atom stereocenters. The minimum atomic E-state index is -0.841. The number of rotatable bonds is 4. The van der Waals surface area contributed by atoms with E-state index in [1.54, 1.807) is 25.1 Å². The zero-order chi connectivity index (χ0) is 13.0. The van der Waals surface area contributed by atoms with Crippen LogP contribution in [0, 0.1) is 0 Å². The van der Waals surface area contributed by atoms with Crippen LogP contribution in [0.3, 0.4) is 0 Å². The quantitative estimate of drug-likeness (QED) is 0.865. The molecule has 0 saturated carbocycles. The number of hydrogen-bond donors (Lipinski definition) is 1. The van der Waals surface area contributed by atoms with Gasteiger partial charge in [-0.2, -0.15) is 0 Å². The number of aliphatic carboxylic acids is 1. The zero-order valence-electron chi connectivity index (χ0n) is 10.0. The van der Waals surface area contributed by atoms with Gasteiger partial charge in [0.25, 0.3) is 0 Å². The van der Waals surface area contributed by atoms with Crippen molar-refractivity contribution < 1.29 is 14.6 Å². The summed E-state index contributed by atoms with van der Waals surface area (Å²) in [6.07, 6.45) is 0. The van der Waals surface area contributed by atoms with Crippen molar-refractivity contribution in [3.05, 3.63) is 60.2 Å². The van der Waals surface area contributed by atoms with Crippen LogP contribution in [0.1, 0.15) is 18.4 Å². The Morgan fingerprint density at radius 1 is 1.05 bits per heavy atom. The molecule has 0 saturated heterocycles. The first-order chi connectivity index (χ1) is 8.66. The maximum atomic E-state index is 10.9. The number of carboxylic acid groups (broad SMARTS) is 1. The molecular formula is C15H15NaO3. The Bertz CT molecular complexity index is 540. The summed E-state index contributed by atoms with van der Waals surface area (Å²) in [5.41, 5.74) is 0.732. The third kappa shape index (κ3) is 4.39. The topological polar surface area (TPSA) is 46.5 Å². The molecule has 0 spiro atoms. The Morgan fingerprint density at radius 3 is 2.32 bits per heavy atom. The van der Waals surface area contributed by atoms with Crippen molar-refractivity contribution in [3.8, 4) is 11.5 Å². The monoisotopic (exact) mass is 266 g/mol. The van der Waals surface area contributed by atoms with Crippen molar-refractivity contribution in [2.24, 2.45) is 0 Å². The van der Waals surface area contributed by atoms with E-state index in [1.807, 2.05) is 36.4 Å². The molecule has 0 fully saturated rings. The average molecular weight is 266 g/mol. The first kappa shape index (κ1) is 15.8. The molecule has 0 aliphatic rings. The summed E-state index contributed by atoms with van der Waals surface area (Å²) in [5, 5.41) is 8.98. The summed E-state index contributed by atoms with van der Waals surface area (Å²) in [6.45, 7) is 1.66. The molecule has 2 aromatic carbocycles. The van der Waals surface area contributed by atoms with Crippen LogP contribution >= 0.6 is 0 Å². The Labute approximate surface area is 134 Å². The second kappa shape index (κ2) is 7.34. The van der Waals surface area contributed by atoms with Crippen molar-refractivity contribution in [1.82, 2.24) is 0 Å². The molecule has 0 amide bonds. The fourth-order valence-electron chi connectivity index (χ4n) is 1.61. The number of hydrogen-bond acceptors (Lipinski definition) is 2. The predicted molar refractivity (Wildman–Crippen MR) is 76.2 cm³/mol. The van der Waals surface area contributed by atoms with E-state index in [4.69, 9.17) is 9.84 Å². The van der Waals surface area contributed by atoms with Gasteiger partial charge in [0.05, 0.1) is 5.92 Å². The molecule has 0 aliphatic heterocycles. The van der Waals surface area contributed by atoms with Crippen LogP contribution in [0.15, 0.2) is 54.6 Å². The Morgan fingerprint density at radius 2 is 1.68 bits per heavy atom. The van der Waals surface area contributed by atoms with Gasteiger partial charge in [-0.15, -0.1) is 0 Å². The molecule has 0 radical (unpaired) electrons. The van der Waals surface area contributed by atoms with E-state index < -0.39 is 11.9 Å². The molecular weight excluding hydrogens is 251 g/mol. The van der Waals surface area contributed by atoms with Crippen molar-refractivity contribution in [3.63, 3.8) is 0 Å². The second-order valence-corrected chi connectivity index (χ2v) is 4.05. The number of para-hydroxylation sites is 1. The number of ether oxygens (including phenoxy) is 1. The number of carboxylic acids is 1. The van der Waals surface area contributed by atoms with Crippen LogP contribution in [0.4, 0.5) is 0 Å². The third-order valence-corrected chi connectivity index (χ3v) is 2.71. The predicted octanol–water partition coefficient (Wildman–Crippen LogP) is 3.02. The Kier molecular flexibility index (Phi) is 6.09. The first-order valence-electron chi connectivity index (χ1n) is 5.72. The Balaban J connectivity index is 0.00000180. The van der Waals surface area contributed by atoms with Gasteiger partial charge in [-0.25, -0.2) is 0 Å². The van der Waals surface area contributed by atoms with Gasteiger partial charge in [0, 0.05) is 0 Å². The van der Waals surface area contributed by atoms with Gasteiger partial charge >= 0.3 is 35.5 Å². The van der Waals surface area contributed by atoms with Gasteiger partial charge in [0.15, 0.2) is 0 Å². The van der Waals surface area contributed by atoms with Gasteiger partial charge in [0.1, 0.15) is 11.5 Å². The number of carbonyl (C=O) groups is 1. The summed E-state index contributed by atoms with van der Waals surface area (Å²) in [7, 11) is 0. The van der Waals surface area contributed by atoms with E-state index in [-0.39, 0.29) is 29.6 Å². The molecule has 2 rings (SSSR count). The molecule has 1 unspecified atom stereocenters. The van der Waals surface area contributed by atoms with Gasteiger partial charge in [-0.1, -0.05) is 30.3 Å². The molecule has 19 heavy (non-hydrogen) atoms. The summed E-state index contributed by atoms with van der Waals surface area (Å²) in [4.78, 5) is 10.9. The summed E-state index contributed by atoms with van der Waals surface area (Å²) in [6, 6.07) is 16.6. The van der Waals surface area contributed by atoms with Crippen molar-refractivity contribution in [2.45, 2.75) is 12.8 Å². The van der Waals surface area contributed by atoms with E-state index in [1.165, 1.54) is 0 Å². The molecule has 3 nitrogen and oxygen atoms in total. The minimum absolute atomic E-state index is 0.